The number of benzene rings is 4. The van der Waals surface area contributed by atoms with Crippen molar-refractivity contribution in [3.63, 3.8) is 0 Å². The van der Waals surface area contributed by atoms with Crippen molar-refractivity contribution >= 4 is 21.8 Å². The first-order chi connectivity index (χ1) is 25.8. The van der Waals surface area contributed by atoms with E-state index >= 15 is 0 Å². The summed E-state index contributed by atoms with van der Waals surface area (Å²) in [6, 6.07) is 49.7. The predicted molar refractivity (Wildman–Crippen MR) is 215 cm³/mol. The predicted octanol–water partition coefficient (Wildman–Crippen LogP) is 9.83. The van der Waals surface area contributed by atoms with Crippen molar-refractivity contribution in [1.82, 2.24) is 4.57 Å². The zero-order valence-corrected chi connectivity index (χ0v) is 31.6. The number of aryl methyl sites for hydroxylation is 3. The number of fused-ring (bicyclic) bond motifs is 6. The molecule has 4 aromatic heterocycles. The van der Waals surface area contributed by atoms with Crippen molar-refractivity contribution in [1.29, 1.82) is 0 Å². The van der Waals surface area contributed by atoms with E-state index in [9.17, 15) is 0 Å². The highest BCUT2D eigenvalue weighted by Gasteiger charge is 2.59. The van der Waals surface area contributed by atoms with Gasteiger partial charge in [-0.1, -0.05) is 68.4 Å². The summed E-state index contributed by atoms with van der Waals surface area (Å²) in [5, 5.41) is 2.59. The molecule has 4 aromatic carbocycles. The van der Waals surface area contributed by atoms with E-state index in [0.717, 1.165) is 6.54 Å². The molecule has 0 aliphatic carbocycles. The maximum absolute atomic E-state index is 2.58. The number of nitrogens with zero attached hydrogens (tertiary/aromatic N) is 4. The monoisotopic (exact) mass is 691 g/mol. The smallest absolute Gasteiger partial charge is 0.257 e. The molecule has 0 spiro atoms. The highest BCUT2D eigenvalue weighted by molar-refractivity contribution is 6.09. The Morgan fingerprint density at radius 1 is 0.642 bits per heavy atom. The maximum Gasteiger partial charge on any atom is 0.257 e. The van der Waals surface area contributed by atoms with Crippen LogP contribution in [0.1, 0.15) is 49.1 Å². The van der Waals surface area contributed by atoms with E-state index in [4.69, 9.17) is 0 Å². The standard InChI is InChI=1S/C49H47N4/c1-33(2)31-52-45-22-12-11-20-38(45)40-29-41(43-26-25-34(3)32-50(43)6)42(30-47(40)52)49(5,53-28-16-14-24-46(53)36-18-8-7-17-35(36)4)48-39-21-10-9-19-37(39)44-23-13-15-27-51(44)48/h7-30,32-33,48H,31H2,1-6H3/q+3. The number of hydrogen-bond donors (Lipinski definition) is 0. The fraction of sp³-hybridized carbons (Fsp3) is 0.204. The molecule has 0 saturated carbocycles. The first-order valence-electron chi connectivity index (χ1n) is 18.9. The zero-order chi connectivity index (χ0) is 36.4. The van der Waals surface area contributed by atoms with E-state index in [2.05, 4.69) is 212 Å². The average Bonchev–Trinajstić information content (AvgIpc) is 3.67. The summed E-state index contributed by atoms with van der Waals surface area (Å²) in [4.78, 5) is 0. The van der Waals surface area contributed by atoms with Crippen LogP contribution >= 0.6 is 0 Å². The number of rotatable bonds is 7. The molecule has 0 saturated heterocycles. The van der Waals surface area contributed by atoms with Crippen molar-refractivity contribution in [3.05, 3.63) is 174 Å². The fourth-order valence-corrected chi connectivity index (χ4v) is 9.25. The van der Waals surface area contributed by atoms with Gasteiger partial charge in [0.1, 0.15) is 7.05 Å². The molecule has 2 unspecified atom stereocenters. The van der Waals surface area contributed by atoms with Gasteiger partial charge < -0.3 is 4.57 Å². The van der Waals surface area contributed by atoms with Crippen LogP contribution < -0.4 is 13.7 Å². The van der Waals surface area contributed by atoms with Crippen LogP contribution in [0.4, 0.5) is 0 Å². The molecule has 1 aliphatic rings. The number of hydrogen-bond acceptors (Lipinski definition) is 0. The van der Waals surface area contributed by atoms with Crippen molar-refractivity contribution in [3.8, 4) is 33.8 Å². The Bertz CT molecular complexity index is 2650. The van der Waals surface area contributed by atoms with Gasteiger partial charge in [0.25, 0.3) is 11.6 Å². The minimum Gasteiger partial charge on any atom is -0.340 e. The summed E-state index contributed by atoms with van der Waals surface area (Å²) in [7, 11) is 2.19. The molecule has 4 heteroatoms. The number of pyridine rings is 3. The van der Waals surface area contributed by atoms with Gasteiger partial charge in [-0.15, -0.1) is 0 Å². The Balaban J connectivity index is 1.48. The Labute approximate surface area is 312 Å². The van der Waals surface area contributed by atoms with E-state index in [1.165, 1.54) is 77.8 Å². The van der Waals surface area contributed by atoms with Crippen molar-refractivity contribution < 1.29 is 13.7 Å². The first kappa shape index (κ1) is 33.0. The first-order valence-corrected chi connectivity index (χ1v) is 18.9. The van der Waals surface area contributed by atoms with Crippen LogP contribution in [-0.4, -0.2) is 4.57 Å². The van der Waals surface area contributed by atoms with Crippen LogP contribution in [0.15, 0.2) is 152 Å². The molecule has 0 bridgehead atoms. The summed E-state index contributed by atoms with van der Waals surface area (Å²) in [5.74, 6) is 0.485. The van der Waals surface area contributed by atoms with E-state index in [0.29, 0.717) is 5.92 Å². The number of para-hydroxylation sites is 1. The quantitative estimate of drug-likeness (QED) is 0.148. The second-order valence-electron chi connectivity index (χ2n) is 15.5. The topological polar surface area (TPSA) is 16.6 Å². The van der Waals surface area contributed by atoms with Gasteiger partial charge in [-0.3, -0.25) is 0 Å². The molecule has 2 atom stereocenters. The van der Waals surface area contributed by atoms with Gasteiger partial charge in [0.05, 0.1) is 11.1 Å². The molecular formula is C49H47N4+3. The highest BCUT2D eigenvalue weighted by Crippen LogP contribution is 2.48. The Morgan fingerprint density at radius 2 is 1.34 bits per heavy atom. The summed E-state index contributed by atoms with van der Waals surface area (Å²) < 4.78 is 9.99. The largest absolute Gasteiger partial charge is 0.340 e. The summed E-state index contributed by atoms with van der Waals surface area (Å²) >= 11 is 0. The van der Waals surface area contributed by atoms with Gasteiger partial charge in [-0.25, -0.2) is 4.57 Å². The molecule has 1 aliphatic heterocycles. The Kier molecular flexibility index (Phi) is 7.89. The molecule has 8 aromatic rings. The lowest BCUT2D eigenvalue weighted by Crippen LogP contribution is -2.65. The van der Waals surface area contributed by atoms with Crippen molar-refractivity contribution in [2.45, 2.75) is 52.7 Å². The second-order valence-corrected chi connectivity index (χ2v) is 15.5. The van der Waals surface area contributed by atoms with Crippen LogP contribution in [-0.2, 0) is 19.1 Å². The second kappa shape index (κ2) is 12.7. The molecule has 9 rings (SSSR count). The van der Waals surface area contributed by atoms with Crippen molar-refractivity contribution in [2.24, 2.45) is 13.0 Å². The molecule has 0 amide bonds. The van der Waals surface area contributed by atoms with Crippen LogP contribution in [0.2, 0.25) is 0 Å². The third-order valence-corrected chi connectivity index (χ3v) is 11.6. The molecular weight excluding hydrogens is 645 g/mol. The summed E-state index contributed by atoms with van der Waals surface area (Å²) in [5.41, 5.74) is 14.4. The lowest BCUT2D eigenvalue weighted by atomic mass is 9.76. The molecule has 0 radical (unpaired) electrons. The fourth-order valence-electron chi connectivity index (χ4n) is 9.25. The van der Waals surface area contributed by atoms with E-state index < -0.39 is 5.54 Å². The third-order valence-electron chi connectivity index (χ3n) is 11.6. The van der Waals surface area contributed by atoms with Gasteiger partial charge in [0.15, 0.2) is 18.6 Å². The maximum atomic E-state index is 2.58. The molecule has 53 heavy (non-hydrogen) atoms. The van der Waals surface area contributed by atoms with Gasteiger partial charge in [0, 0.05) is 87.9 Å². The third kappa shape index (κ3) is 5.15. The molecule has 5 heterocycles. The average molecular weight is 692 g/mol. The lowest BCUT2D eigenvalue weighted by Gasteiger charge is -2.31. The van der Waals surface area contributed by atoms with E-state index in [1.807, 2.05) is 0 Å². The Hall–Kier alpha value is -5.87. The van der Waals surface area contributed by atoms with Crippen LogP contribution in [0.25, 0.3) is 55.6 Å². The van der Waals surface area contributed by atoms with Crippen LogP contribution in [0.5, 0.6) is 0 Å². The number of aromatic nitrogens is 4. The van der Waals surface area contributed by atoms with Crippen LogP contribution in [0.3, 0.4) is 0 Å². The summed E-state index contributed by atoms with van der Waals surface area (Å²) in [6.07, 6.45) is 6.86. The van der Waals surface area contributed by atoms with Gasteiger partial charge >= 0.3 is 0 Å². The highest BCUT2D eigenvalue weighted by atomic mass is 15.2. The molecule has 4 nitrogen and oxygen atoms in total. The van der Waals surface area contributed by atoms with Crippen molar-refractivity contribution in [2.75, 3.05) is 0 Å². The molecule has 0 N–H and O–H groups in total. The SMILES string of the molecule is Cc1ccc(-c2cc3c4ccccc4n(CC(C)C)c3cc2C(C)(C2c3ccccc3-c3cccc[n+]32)[n+]2ccccc2-c2ccccc2C)[n+](C)c1. The Morgan fingerprint density at radius 3 is 2.13 bits per heavy atom. The van der Waals surface area contributed by atoms with Gasteiger partial charge in [0.2, 0.25) is 17.1 Å². The van der Waals surface area contributed by atoms with Gasteiger partial charge in [-0.05, 0) is 73.9 Å². The minimum absolute atomic E-state index is 0.0556. The zero-order valence-electron chi connectivity index (χ0n) is 31.6. The van der Waals surface area contributed by atoms with Gasteiger partial charge in [-0.2, -0.15) is 9.13 Å². The molecule has 0 fully saturated rings. The minimum atomic E-state index is -0.618. The van der Waals surface area contributed by atoms with E-state index in [1.54, 1.807) is 0 Å². The normalized spacial score (nSPS) is 14.8. The lowest BCUT2D eigenvalue weighted by molar-refractivity contribution is -0.820. The van der Waals surface area contributed by atoms with E-state index in [-0.39, 0.29) is 6.04 Å². The van der Waals surface area contributed by atoms with Crippen LogP contribution in [0, 0.1) is 19.8 Å². The molecule has 260 valence electrons. The summed E-state index contributed by atoms with van der Waals surface area (Å²) in [6.45, 7) is 12.5.